The molecule has 1 aromatic rings. The highest BCUT2D eigenvalue weighted by Gasteiger charge is 2.24. The second-order valence-corrected chi connectivity index (χ2v) is 4.99. The topological polar surface area (TPSA) is 58.1 Å². The van der Waals surface area contributed by atoms with Crippen molar-refractivity contribution in [3.8, 4) is 0 Å². The van der Waals surface area contributed by atoms with Crippen LogP contribution in [0.4, 0.5) is 5.82 Å². The van der Waals surface area contributed by atoms with Gasteiger partial charge in [-0.05, 0) is 25.7 Å². The maximum Gasteiger partial charge on any atom is 0.274 e. The van der Waals surface area contributed by atoms with Crippen molar-refractivity contribution in [3.63, 3.8) is 0 Å². The Morgan fingerprint density at radius 2 is 2.32 bits per heavy atom. The molecule has 1 fully saturated rings. The zero-order valence-electron chi connectivity index (χ0n) is 11.7. The number of rotatable bonds is 4. The largest absolute Gasteiger partial charge is 0.369 e. The molecule has 5 nitrogen and oxygen atoms in total. The molecule has 5 heteroatoms. The number of nitrogens with zero attached hydrogens (tertiary/aromatic N) is 3. The van der Waals surface area contributed by atoms with Crippen molar-refractivity contribution in [1.82, 2.24) is 14.9 Å². The smallest absolute Gasteiger partial charge is 0.274 e. The molecule has 0 spiro atoms. The summed E-state index contributed by atoms with van der Waals surface area (Å²) in [6.45, 7) is 6.63. The predicted octanol–water partition coefficient (Wildman–Crippen LogP) is 2.17. The summed E-state index contributed by atoms with van der Waals surface area (Å²) in [5.74, 6) is 1.30. The molecule has 1 aliphatic heterocycles. The fourth-order valence-electron chi connectivity index (χ4n) is 2.48. The molecule has 0 aliphatic carbocycles. The van der Waals surface area contributed by atoms with E-state index in [2.05, 4.69) is 22.2 Å². The van der Waals surface area contributed by atoms with Crippen LogP contribution in [0, 0.1) is 5.92 Å². The number of nitrogens with one attached hydrogen (secondary N) is 1. The van der Waals surface area contributed by atoms with E-state index in [1.165, 1.54) is 6.42 Å². The minimum Gasteiger partial charge on any atom is -0.369 e. The summed E-state index contributed by atoms with van der Waals surface area (Å²) in [6.07, 6.45) is 6.64. The van der Waals surface area contributed by atoms with E-state index >= 15 is 0 Å². The van der Waals surface area contributed by atoms with Crippen molar-refractivity contribution in [1.29, 1.82) is 0 Å². The van der Waals surface area contributed by atoms with Crippen molar-refractivity contribution in [2.45, 2.75) is 33.1 Å². The molecular weight excluding hydrogens is 240 g/mol. The summed E-state index contributed by atoms with van der Waals surface area (Å²) in [4.78, 5) is 22.7. The number of hydrogen-bond acceptors (Lipinski definition) is 4. The third kappa shape index (κ3) is 3.43. The second-order valence-electron chi connectivity index (χ2n) is 4.99. The average molecular weight is 262 g/mol. The van der Waals surface area contributed by atoms with Gasteiger partial charge in [-0.3, -0.25) is 9.78 Å². The van der Waals surface area contributed by atoms with Gasteiger partial charge in [-0.25, -0.2) is 4.98 Å². The Bertz CT molecular complexity index is 435. The Kier molecular flexibility index (Phi) is 4.71. The zero-order chi connectivity index (χ0) is 13.7. The first-order chi connectivity index (χ1) is 9.24. The average Bonchev–Trinajstić information content (AvgIpc) is 2.47. The van der Waals surface area contributed by atoms with Gasteiger partial charge in [0.15, 0.2) is 0 Å². The number of aromatic nitrogens is 2. The standard InChI is InChI=1S/C14H22N4O/c1-3-11-6-5-7-18(10-11)14(19)12-8-15-9-13(17-12)16-4-2/h8-9,11H,3-7,10H2,1-2H3,(H,16,17). The van der Waals surface area contributed by atoms with E-state index in [1.807, 2.05) is 11.8 Å². The van der Waals surface area contributed by atoms with Gasteiger partial charge in [-0.2, -0.15) is 0 Å². The number of piperidine rings is 1. The van der Waals surface area contributed by atoms with Crippen LogP contribution in [0.2, 0.25) is 0 Å². The van der Waals surface area contributed by atoms with E-state index in [0.717, 1.165) is 32.5 Å². The van der Waals surface area contributed by atoms with Crippen molar-refractivity contribution in [3.05, 3.63) is 18.1 Å². The summed E-state index contributed by atoms with van der Waals surface area (Å²) in [6, 6.07) is 0. The first kappa shape index (κ1) is 13.8. The van der Waals surface area contributed by atoms with E-state index in [1.54, 1.807) is 12.4 Å². The molecule has 1 unspecified atom stereocenters. The summed E-state index contributed by atoms with van der Waals surface area (Å²) < 4.78 is 0. The van der Waals surface area contributed by atoms with E-state index in [9.17, 15) is 4.79 Å². The van der Waals surface area contributed by atoms with Gasteiger partial charge in [0, 0.05) is 19.6 Å². The Hall–Kier alpha value is -1.65. The maximum atomic E-state index is 12.4. The Balaban J connectivity index is 2.08. The normalized spacial score (nSPS) is 19.3. The summed E-state index contributed by atoms with van der Waals surface area (Å²) in [7, 11) is 0. The molecule has 19 heavy (non-hydrogen) atoms. The summed E-state index contributed by atoms with van der Waals surface area (Å²) in [5, 5.41) is 3.08. The fourth-order valence-corrected chi connectivity index (χ4v) is 2.48. The van der Waals surface area contributed by atoms with Gasteiger partial charge in [0.05, 0.1) is 12.4 Å². The summed E-state index contributed by atoms with van der Waals surface area (Å²) in [5.41, 5.74) is 0.440. The highest BCUT2D eigenvalue weighted by atomic mass is 16.2. The van der Waals surface area contributed by atoms with Crippen molar-refractivity contribution < 1.29 is 4.79 Å². The number of likely N-dealkylation sites (tertiary alicyclic amines) is 1. The lowest BCUT2D eigenvalue weighted by atomic mass is 9.95. The third-order valence-electron chi connectivity index (χ3n) is 3.60. The van der Waals surface area contributed by atoms with Crippen LogP contribution in [0.3, 0.4) is 0 Å². The maximum absolute atomic E-state index is 12.4. The van der Waals surface area contributed by atoms with Crippen LogP contribution in [-0.4, -0.2) is 40.4 Å². The van der Waals surface area contributed by atoms with E-state index in [-0.39, 0.29) is 5.91 Å². The first-order valence-electron chi connectivity index (χ1n) is 7.09. The Morgan fingerprint density at radius 1 is 1.47 bits per heavy atom. The van der Waals surface area contributed by atoms with E-state index in [4.69, 9.17) is 0 Å². The molecule has 0 aromatic carbocycles. The molecule has 0 bridgehead atoms. The van der Waals surface area contributed by atoms with Crippen LogP contribution < -0.4 is 5.32 Å². The van der Waals surface area contributed by atoms with Crippen LogP contribution >= 0.6 is 0 Å². The van der Waals surface area contributed by atoms with Gasteiger partial charge >= 0.3 is 0 Å². The van der Waals surface area contributed by atoms with Crippen molar-refractivity contribution in [2.24, 2.45) is 5.92 Å². The van der Waals surface area contributed by atoms with Crippen molar-refractivity contribution >= 4 is 11.7 Å². The Morgan fingerprint density at radius 3 is 3.05 bits per heavy atom. The fraction of sp³-hybridized carbons (Fsp3) is 0.643. The van der Waals surface area contributed by atoms with Crippen LogP contribution in [0.15, 0.2) is 12.4 Å². The number of carbonyl (C=O) groups is 1. The SMILES string of the molecule is CCNc1cncc(C(=O)N2CCCC(CC)C2)n1. The zero-order valence-corrected chi connectivity index (χ0v) is 11.7. The van der Waals surface area contributed by atoms with Gasteiger partial charge in [0.25, 0.3) is 5.91 Å². The molecule has 104 valence electrons. The molecule has 2 rings (SSSR count). The molecule has 1 N–H and O–H groups in total. The molecule has 0 radical (unpaired) electrons. The van der Waals surface area contributed by atoms with Crippen LogP contribution in [0.5, 0.6) is 0 Å². The van der Waals surface area contributed by atoms with Crippen LogP contribution in [-0.2, 0) is 0 Å². The minimum absolute atomic E-state index is 0.00500. The number of carbonyl (C=O) groups excluding carboxylic acids is 1. The molecule has 0 saturated carbocycles. The van der Waals surface area contributed by atoms with Gasteiger partial charge in [0.1, 0.15) is 11.5 Å². The van der Waals surface area contributed by atoms with Crippen molar-refractivity contribution in [2.75, 3.05) is 25.0 Å². The van der Waals surface area contributed by atoms with Crippen LogP contribution in [0.25, 0.3) is 0 Å². The second kappa shape index (κ2) is 6.50. The molecule has 1 amide bonds. The van der Waals surface area contributed by atoms with Gasteiger partial charge in [-0.1, -0.05) is 13.3 Å². The lowest BCUT2D eigenvalue weighted by Gasteiger charge is -2.32. The molecule has 1 atom stereocenters. The van der Waals surface area contributed by atoms with E-state index < -0.39 is 0 Å². The highest BCUT2D eigenvalue weighted by Crippen LogP contribution is 2.20. The van der Waals surface area contributed by atoms with Gasteiger partial charge < -0.3 is 10.2 Å². The first-order valence-corrected chi connectivity index (χ1v) is 7.09. The summed E-state index contributed by atoms with van der Waals surface area (Å²) >= 11 is 0. The monoisotopic (exact) mass is 262 g/mol. The number of amides is 1. The quantitative estimate of drug-likeness (QED) is 0.903. The molecular formula is C14H22N4O. The van der Waals surface area contributed by atoms with Gasteiger partial charge in [0.2, 0.25) is 0 Å². The lowest BCUT2D eigenvalue weighted by Crippen LogP contribution is -2.40. The highest BCUT2D eigenvalue weighted by molar-refractivity contribution is 5.92. The number of hydrogen-bond donors (Lipinski definition) is 1. The third-order valence-corrected chi connectivity index (χ3v) is 3.60. The minimum atomic E-state index is 0.00500. The van der Waals surface area contributed by atoms with E-state index in [0.29, 0.717) is 17.4 Å². The predicted molar refractivity (Wildman–Crippen MR) is 75.1 cm³/mol. The van der Waals surface area contributed by atoms with Crippen LogP contribution in [0.1, 0.15) is 43.6 Å². The number of anilines is 1. The lowest BCUT2D eigenvalue weighted by molar-refractivity contribution is 0.0665. The molecule has 2 heterocycles. The Labute approximate surface area is 114 Å². The molecule has 1 aromatic heterocycles. The molecule has 1 saturated heterocycles. The molecule has 1 aliphatic rings. The van der Waals surface area contributed by atoms with Gasteiger partial charge in [-0.15, -0.1) is 0 Å².